The molecule has 0 bridgehead atoms. The summed E-state index contributed by atoms with van der Waals surface area (Å²) in [6, 6.07) is 17.1. The normalized spacial score (nSPS) is 14.8. The van der Waals surface area contributed by atoms with Crippen LogP contribution in [0.15, 0.2) is 59.4 Å². The highest BCUT2D eigenvalue weighted by atomic mass is 16.2. The zero-order valence-corrected chi connectivity index (χ0v) is 16.5. The number of nitrogens with zero attached hydrogens (tertiary/aromatic N) is 3. The highest BCUT2D eigenvalue weighted by Gasteiger charge is 2.18. The molecule has 0 saturated carbocycles. The number of fused-ring (bicyclic) bond motifs is 1. The van der Waals surface area contributed by atoms with Gasteiger partial charge in [0.2, 0.25) is 5.91 Å². The van der Waals surface area contributed by atoms with Gasteiger partial charge < -0.3 is 5.32 Å². The first-order valence-electron chi connectivity index (χ1n) is 10.2. The molecule has 3 aromatic rings. The second-order valence-electron chi connectivity index (χ2n) is 7.54. The summed E-state index contributed by atoms with van der Waals surface area (Å²) >= 11 is 0. The van der Waals surface area contributed by atoms with Crippen molar-refractivity contribution in [3.05, 3.63) is 76.3 Å². The first-order valence-corrected chi connectivity index (χ1v) is 10.2. The van der Waals surface area contributed by atoms with Gasteiger partial charge in [-0.15, -0.1) is 0 Å². The molecule has 1 aliphatic rings. The molecule has 0 atom stereocenters. The number of amides is 1. The summed E-state index contributed by atoms with van der Waals surface area (Å²) in [6.45, 7) is 3.02. The van der Waals surface area contributed by atoms with Crippen LogP contribution in [0.2, 0.25) is 0 Å². The van der Waals surface area contributed by atoms with Crippen LogP contribution in [-0.4, -0.2) is 33.4 Å². The summed E-state index contributed by atoms with van der Waals surface area (Å²) in [5.74, 6) is 0.471. The minimum atomic E-state index is -0.187. The molecule has 1 fully saturated rings. The third-order valence-corrected chi connectivity index (χ3v) is 5.39. The molecular weight excluding hydrogens is 364 g/mol. The maximum absolute atomic E-state index is 13.1. The summed E-state index contributed by atoms with van der Waals surface area (Å²) in [5, 5.41) is 3.46. The van der Waals surface area contributed by atoms with Crippen molar-refractivity contribution in [1.82, 2.24) is 19.8 Å². The van der Waals surface area contributed by atoms with Gasteiger partial charge >= 0.3 is 0 Å². The number of para-hydroxylation sites is 1. The van der Waals surface area contributed by atoms with Gasteiger partial charge in [0, 0.05) is 6.54 Å². The molecule has 0 spiro atoms. The molecular formula is C23H26N4O2. The number of piperidine rings is 1. The molecule has 1 saturated heterocycles. The fourth-order valence-corrected chi connectivity index (χ4v) is 3.81. The molecule has 6 nitrogen and oxygen atoms in total. The van der Waals surface area contributed by atoms with Crippen molar-refractivity contribution in [2.24, 2.45) is 0 Å². The Bertz CT molecular complexity index is 1040. The van der Waals surface area contributed by atoms with Crippen LogP contribution in [-0.2, 0) is 24.4 Å². The lowest BCUT2D eigenvalue weighted by atomic mass is 10.1. The van der Waals surface area contributed by atoms with Crippen molar-refractivity contribution in [3.63, 3.8) is 0 Å². The molecule has 1 aromatic heterocycles. The van der Waals surface area contributed by atoms with Gasteiger partial charge in [0.05, 0.1) is 17.4 Å². The second-order valence-corrected chi connectivity index (χ2v) is 7.54. The first kappa shape index (κ1) is 19.3. The van der Waals surface area contributed by atoms with E-state index >= 15 is 0 Å². The zero-order chi connectivity index (χ0) is 20.1. The number of carbonyl (C=O) groups excluding carboxylic acids is 1. The average molecular weight is 390 g/mol. The van der Waals surface area contributed by atoms with E-state index in [1.807, 2.05) is 48.5 Å². The maximum atomic E-state index is 13.1. The Morgan fingerprint density at radius 3 is 2.48 bits per heavy atom. The van der Waals surface area contributed by atoms with Crippen molar-refractivity contribution in [2.75, 3.05) is 13.1 Å². The maximum Gasteiger partial charge on any atom is 0.261 e. The van der Waals surface area contributed by atoms with Gasteiger partial charge in [0.25, 0.3) is 5.56 Å². The van der Waals surface area contributed by atoms with E-state index in [2.05, 4.69) is 10.2 Å². The number of nitrogens with one attached hydrogen (secondary N) is 1. The molecule has 4 rings (SSSR count). The summed E-state index contributed by atoms with van der Waals surface area (Å²) in [5.41, 5.74) is 1.56. The average Bonchev–Trinajstić information content (AvgIpc) is 2.76. The fraction of sp³-hybridized carbons (Fsp3) is 0.348. The Kier molecular flexibility index (Phi) is 6.00. The Labute approximate surface area is 170 Å². The van der Waals surface area contributed by atoms with E-state index in [1.165, 1.54) is 11.0 Å². The van der Waals surface area contributed by atoms with E-state index in [0.717, 1.165) is 31.5 Å². The number of hydrogen-bond donors (Lipinski definition) is 1. The molecule has 2 heterocycles. The van der Waals surface area contributed by atoms with Gasteiger partial charge in [-0.25, -0.2) is 4.98 Å². The molecule has 1 aliphatic heterocycles. The highest BCUT2D eigenvalue weighted by molar-refractivity contribution is 5.79. The van der Waals surface area contributed by atoms with Crippen molar-refractivity contribution >= 4 is 16.8 Å². The zero-order valence-electron chi connectivity index (χ0n) is 16.5. The highest BCUT2D eigenvalue weighted by Crippen LogP contribution is 2.14. The van der Waals surface area contributed by atoms with Crippen molar-refractivity contribution in [3.8, 4) is 0 Å². The molecule has 29 heavy (non-hydrogen) atoms. The molecule has 1 N–H and O–H groups in total. The van der Waals surface area contributed by atoms with Crippen LogP contribution >= 0.6 is 0 Å². The third kappa shape index (κ3) is 4.71. The van der Waals surface area contributed by atoms with E-state index in [1.54, 1.807) is 6.07 Å². The van der Waals surface area contributed by atoms with Crippen LogP contribution in [0.1, 0.15) is 30.7 Å². The van der Waals surface area contributed by atoms with Gasteiger partial charge in [-0.1, -0.05) is 48.9 Å². The first-order chi connectivity index (χ1) is 14.2. The van der Waals surface area contributed by atoms with E-state index in [-0.39, 0.29) is 18.0 Å². The van der Waals surface area contributed by atoms with Crippen molar-refractivity contribution < 1.29 is 4.79 Å². The molecule has 1 amide bonds. The molecule has 0 aliphatic carbocycles. The number of aromatic nitrogens is 2. The third-order valence-electron chi connectivity index (χ3n) is 5.39. The number of likely N-dealkylation sites (tertiary alicyclic amines) is 1. The van der Waals surface area contributed by atoms with Gasteiger partial charge in [-0.05, 0) is 43.6 Å². The Hall–Kier alpha value is -2.99. The molecule has 2 aromatic carbocycles. The van der Waals surface area contributed by atoms with Crippen LogP contribution in [0.4, 0.5) is 0 Å². The summed E-state index contributed by atoms with van der Waals surface area (Å²) in [7, 11) is 0. The topological polar surface area (TPSA) is 67.2 Å². The van der Waals surface area contributed by atoms with Crippen LogP contribution in [0, 0.1) is 0 Å². The number of hydrogen-bond acceptors (Lipinski definition) is 4. The van der Waals surface area contributed by atoms with Crippen LogP contribution < -0.4 is 10.9 Å². The summed E-state index contributed by atoms with van der Waals surface area (Å²) in [4.78, 5) is 32.8. The van der Waals surface area contributed by atoms with Crippen molar-refractivity contribution in [1.29, 1.82) is 0 Å². The monoisotopic (exact) mass is 390 g/mol. The van der Waals surface area contributed by atoms with Gasteiger partial charge in [-0.3, -0.25) is 19.1 Å². The van der Waals surface area contributed by atoms with Gasteiger partial charge in [-0.2, -0.15) is 0 Å². The van der Waals surface area contributed by atoms with E-state index in [9.17, 15) is 9.59 Å². The predicted molar refractivity (Wildman–Crippen MR) is 113 cm³/mol. The molecule has 0 unspecified atom stereocenters. The van der Waals surface area contributed by atoms with Crippen LogP contribution in [0.25, 0.3) is 10.9 Å². The fourth-order valence-electron chi connectivity index (χ4n) is 3.81. The smallest absolute Gasteiger partial charge is 0.261 e. The summed E-state index contributed by atoms with van der Waals surface area (Å²) in [6.07, 6.45) is 3.57. The summed E-state index contributed by atoms with van der Waals surface area (Å²) < 4.78 is 1.54. The Morgan fingerprint density at radius 1 is 0.966 bits per heavy atom. The minimum Gasteiger partial charge on any atom is -0.350 e. The van der Waals surface area contributed by atoms with E-state index in [4.69, 9.17) is 4.98 Å². The largest absolute Gasteiger partial charge is 0.350 e. The molecule has 6 heteroatoms. The van der Waals surface area contributed by atoms with Crippen LogP contribution in [0.3, 0.4) is 0 Å². The lowest BCUT2D eigenvalue weighted by Crippen LogP contribution is -2.37. The Morgan fingerprint density at radius 2 is 1.69 bits per heavy atom. The SMILES string of the molecule is O=C(Cn1c(CN2CCCCC2)nc2ccccc2c1=O)NCc1ccccc1. The Balaban J connectivity index is 1.58. The minimum absolute atomic E-state index is 0.0212. The lowest BCUT2D eigenvalue weighted by Gasteiger charge is -2.27. The lowest BCUT2D eigenvalue weighted by molar-refractivity contribution is -0.121. The van der Waals surface area contributed by atoms with E-state index in [0.29, 0.717) is 29.8 Å². The molecule has 0 radical (unpaired) electrons. The second kappa shape index (κ2) is 9.01. The number of benzene rings is 2. The van der Waals surface area contributed by atoms with E-state index < -0.39 is 0 Å². The van der Waals surface area contributed by atoms with Gasteiger partial charge in [0.1, 0.15) is 12.4 Å². The molecule has 150 valence electrons. The number of rotatable bonds is 6. The van der Waals surface area contributed by atoms with Crippen LogP contribution in [0.5, 0.6) is 0 Å². The number of carbonyl (C=O) groups is 1. The standard InChI is InChI=1S/C23H26N4O2/c28-22(24-15-18-9-3-1-4-10-18)17-27-21(16-26-13-7-2-8-14-26)25-20-12-6-5-11-19(20)23(27)29/h1,3-6,9-12H,2,7-8,13-17H2,(H,24,28). The van der Waals surface area contributed by atoms with Gasteiger partial charge in [0.15, 0.2) is 0 Å². The predicted octanol–water partition coefficient (Wildman–Crippen LogP) is 2.70. The van der Waals surface area contributed by atoms with Crippen molar-refractivity contribution in [2.45, 2.75) is 38.9 Å². The quantitative estimate of drug-likeness (QED) is 0.703.